The van der Waals surface area contributed by atoms with Crippen molar-refractivity contribution in [3.8, 4) is 28.1 Å². The number of aromatic hydroxyl groups is 1. The Labute approximate surface area is 284 Å². The molecule has 1 saturated heterocycles. The molecule has 3 heterocycles. The predicted molar refractivity (Wildman–Crippen MR) is 182 cm³/mol. The van der Waals surface area contributed by atoms with E-state index in [1.165, 1.54) is 0 Å². The molecule has 0 bridgehead atoms. The lowest BCUT2D eigenvalue weighted by atomic mass is 9.92. The van der Waals surface area contributed by atoms with E-state index in [2.05, 4.69) is 11.8 Å². The third kappa shape index (κ3) is 8.38. The van der Waals surface area contributed by atoms with E-state index in [0.29, 0.717) is 78.6 Å². The fourth-order valence-corrected chi connectivity index (χ4v) is 6.17. The number of rotatable bonds is 12. The maximum Gasteiger partial charge on any atom is 0.337 e. The van der Waals surface area contributed by atoms with Crippen molar-refractivity contribution in [2.45, 2.75) is 77.8 Å². The van der Waals surface area contributed by atoms with Crippen LogP contribution in [0, 0.1) is 18.6 Å². The molecule has 264 valence electrons. The second-order valence-electron chi connectivity index (χ2n) is 13.9. The van der Waals surface area contributed by atoms with E-state index in [-0.39, 0.29) is 17.9 Å². The molecular formula is C37H45F2N3O7. The molecule has 5 rings (SSSR count). The maximum absolute atomic E-state index is 14.1. The van der Waals surface area contributed by atoms with Gasteiger partial charge in [0, 0.05) is 42.0 Å². The smallest absolute Gasteiger partial charge is 0.337 e. The van der Waals surface area contributed by atoms with Gasteiger partial charge in [0.25, 0.3) is 0 Å². The number of aliphatic hydroxyl groups is 1. The van der Waals surface area contributed by atoms with Crippen molar-refractivity contribution >= 4 is 17.4 Å². The average Bonchev–Trinajstić information content (AvgIpc) is 3.44. The van der Waals surface area contributed by atoms with Crippen LogP contribution in [-0.2, 0) is 19.0 Å². The molecule has 4 aromatic rings. The van der Waals surface area contributed by atoms with Crippen LogP contribution in [0.15, 0.2) is 48.7 Å². The van der Waals surface area contributed by atoms with E-state index in [9.17, 15) is 28.9 Å². The summed E-state index contributed by atoms with van der Waals surface area (Å²) < 4.78 is 47.6. The largest absolute Gasteiger partial charge is 0.507 e. The molecule has 1 unspecified atom stereocenters. The molecular weight excluding hydrogens is 636 g/mol. The van der Waals surface area contributed by atoms with Crippen molar-refractivity contribution in [1.29, 1.82) is 0 Å². The Morgan fingerprint density at radius 1 is 1.06 bits per heavy atom. The van der Waals surface area contributed by atoms with Gasteiger partial charge in [-0.25, -0.2) is 18.6 Å². The number of phenolic OH excluding ortho intramolecular Hbond substituents is 1. The number of aliphatic carboxylic acids is 1. The normalized spacial score (nSPS) is 16.2. The third-order valence-corrected chi connectivity index (χ3v) is 8.60. The number of hydrogen-bond donors (Lipinski definition) is 3. The number of halogens is 2. The van der Waals surface area contributed by atoms with Crippen LogP contribution in [0.1, 0.15) is 64.7 Å². The van der Waals surface area contributed by atoms with Gasteiger partial charge in [-0.05, 0) is 83.7 Å². The highest BCUT2D eigenvalue weighted by molar-refractivity contribution is 5.80. The Bertz CT molecular complexity index is 1810. The van der Waals surface area contributed by atoms with Crippen LogP contribution in [0.3, 0.4) is 0 Å². The monoisotopic (exact) mass is 681 g/mol. The van der Waals surface area contributed by atoms with Gasteiger partial charge in [0.05, 0.1) is 42.8 Å². The van der Waals surface area contributed by atoms with E-state index >= 15 is 0 Å². The zero-order valence-corrected chi connectivity index (χ0v) is 28.8. The molecule has 10 nitrogen and oxygen atoms in total. The van der Waals surface area contributed by atoms with Gasteiger partial charge in [-0.15, -0.1) is 0 Å². The fraction of sp³-hybridized carbons (Fsp3) is 0.459. The van der Waals surface area contributed by atoms with Gasteiger partial charge in [0.1, 0.15) is 17.2 Å². The van der Waals surface area contributed by atoms with Crippen LogP contribution in [0.4, 0.5) is 14.6 Å². The SMILES string of the molecule is Cc1cc2nc(-c3cccc(-c4cc(F)c(F)cc4O)c3)cn2c(N2CCC(C)(OCCOC[C@@H](C)O)CC2)c1C(OC(C)(C)C)C(=O)O. The predicted octanol–water partition coefficient (Wildman–Crippen LogP) is 6.67. The summed E-state index contributed by atoms with van der Waals surface area (Å²) in [5, 5.41) is 30.3. The minimum Gasteiger partial charge on any atom is -0.507 e. The number of nitrogens with zero attached hydrogens (tertiary/aromatic N) is 3. The standard InChI is InChI=1S/C37H45F2N3O7/c1-22-16-31-40-29(25-9-7-8-24(17-25)26-18-27(38)28(39)19-30(26)44)20-42(31)34(32(22)33(35(45)46)49-36(3,4)5)41-12-10-37(6,11-13-41)48-15-14-47-21-23(2)43/h7-9,16-20,23,33,43-44H,10-15,21H2,1-6H3,(H,45,46)/t23-,33?/m1/s1. The first kappa shape index (κ1) is 36.2. The van der Waals surface area contributed by atoms with Crippen LogP contribution in [0.25, 0.3) is 28.0 Å². The molecule has 2 aromatic heterocycles. The van der Waals surface area contributed by atoms with Crippen LogP contribution >= 0.6 is 0 Å². The highest BCUT2D eigenvalue weighted by Crippen LogP contribution is 2.40. The number of fused-ring (bicyclic) bond motifs is 1. The van der Waals surface area contributed by atoms with Crippen molar-refractivity contribution in [3.05, 3.63) is 71.4 Å². The van der Waals surface area contributed by atoms with Gasteiger partial charge in [0.2, 0.25) is 0 Å². The zero-order chi connectivity index (χ0) is 35.7. The summed E-state index contributed by atoms with van der Waals surface area (Å²) in [6.45, 7) is 13.2. The summed E-state index contributed by atoms with van der Waals surface area (Å²) in [7, 11) is 0. The van der Waals surface area contributed by atoms with E-state index in [1.54, 1.807) is 25.1 Å². The number of ether oxygens (including phenoxy) is 3. The topological polar surface area (TPSA) is 126 Å². The summed E-state index contributed by atoms with van der Waals surface area (Å²) in [6, 6.07) is 10.5. The molecule has 0 aliphatic carbocycles. The Morgan fingerprint density at radius 2 is 1.73 bits per heavy atom. The van der Waals surface area contributed by atoms with Gasteiger partial charge in [0.15, 0.2) is 17.7 Å². The van der Waals surface area contributed by atoms with Crippen LogP contribution in [0.2, 0.25) is 0 Å². The molecule has 12 heteroatoms. The number of pyridine rings is 1. The summed E-state index contributed by atoms with van der Waals surface area (Å²) in [4.78, 5) is 19.9. The lowest BCUT2D eigenvalue weighted by Crippen LogP contribution is -2.46. The zero-order valence-electron chi connectivity index (χ0n) is 28.8. The number of imidazole rings is 1. The number of aliphatic hydroxyl groups excluding tert-OH is 1. The molecule has 1 aliphatic heterocycles. The minimum atomic E-state index is -1.26. The number of benzene rings is 2. The van der Waals surface area contributed by atoms with Gasteiger partial charge in [-0.2, -0.15) is 0 Å². The summed E-state index contributed by atoms with van der Waals surface area (Å²) in [5.41, 5.74) is 2.48. The van der Waals surface area contributed by atoms with Crippen molar-refractivity contribution in [3.63, 3.8) is 0 Å². The highest BCUT2D eigenvalue weighted by atomic mass is 19.2. The number of hydrogen-bond acceptors (Lipinski definition) is 8. The lowest BCUT2D eigenvalue weighted by Gasteiger charge is -2.41. The van der Waals surface area contributed by atoms with Gasteiger partial charge in [-0.3, -0.25) is 4.40 Å². The molecule has 0 saturated carbocycles. The minimum absolute atomic E-state index is 0.139. The highest BCUT2D eigenvalue weighted by Gasteiger charge is 2.37. The van der Waals surface area contributed by atoms with Crippen molar-refractivity contribution < 1.29 is 43.1 Å². The number of carboxylic acid groups (broad SMARTS) is 1. The van der Waals surface area contributed by atoms with Crippen LogP contribution < -0.4 is 4.90 Å². The molecule has 0 radical (unpaired) electrons. The van der Waals surface area contributed by atoms with Crippen molar-refractivity contribution in [2.24, 2.45) is 0 Å². The van der Waals surface area contributed by atoms with Crippen molar-refractivity contribution in [1.82, 2.24) is 9.38 Å². The molecule has 1 fully saturated rings. The van der Waals surface area contributed by atoms with E-state index < -0.39 is 41.0 Å². The Morgan fingerprint density at radius 3 is 2.39 bits per heavy atom. The van der Waals surface area contributed by atoms with Gasteiger partial charge in [-0.1, -0.05) is 18.2 Å². The molecule has 2 atom stereocenters. The summed E-state index contributed by atoms with van der Waals surface area (Å²) >= 11 is 0. The Hall–Kier alpha value is -4.10. The number of piperidine rings is 1. The summed E-state index contributed by atoms with van der Waals surface area (Å²) in [5.74, 6) is -3.06. The van der Waals surface area contributed by atoms with Crippen molar-refractivity contribution in [2.75, 3.05) is 37.8 Å². The number of aryl methyl sites for hydroxylation is 1. The molecule has 49 heavy (non-hydrogen) atoms. The first-order valence-corrected chi connectivity index (χ1v) is 16.4. The number of phenols is 1. The second-order valence-corrected chi connectivity index (χ2v) is 13.9. The molecule has 0 amide bonds. The third-order valence-electron chi connectivity index (χ3n) is 8.60. The fourth-order valence-electron chi connectivity index (χ4n) is 6.17. The van der Waals surface area contributed by atoms with Gasteiger partial charge < -0.3 is 34.4 Å². The van der Waals surface area contributed by atoms with E-state index in [0.717, 1.165) is 12.1 Å². The first-order valence-electron chi connectivity index (χ1n) is 16.4. The molecule has 2 aromatic carbocycles. The lowest BCUT2D eigenvalue weighted by molar-refractivity contribution is -0.160. The van der Waals surface area contributed by atoms with Crippen LogP contribution in [-0.4, -0.2) is 80.9 Å². The quantitative estimate of drug-likeness (QED) is 0.141. The molecule has 3 N–H and O–H groups in total. The first-order chi connectivity index (χ1) is 23.0. The number of anilines is 1. The molecule has 1 aliphatic rings. The van der Waals surface area contributed by atoms with E-state index in [1.807, 2.05) is 50.4 Å². The van der Waals surface area contributed by atoms with Crippen LogP contribution in [0.5, 0.6) is 5.75 Å². The Balaban J connectivity index is 1.55. The molecule has 0 spiro atoms. The van der Waals surface area contributed by atoms with E-state index in [4.69, 9.17) is 19.2 Å². The average molecular weight is 682 g/mol. The number of aromatic nitrogens is 2. The van der Waals surface area contributed by atoms with Gasteiger partial charge >= 0.3 is 5.97 Å². The Kier molecular flexibility index (Phi) is 10.6. The second kappa shape index (κ2) is 14.4. The number of carboxylic acids is 1. The number of carbonyl (C=O) groups is 1. The maximum atomic E-state index is 14.1. The summed E-state index contributed by atoms with van der Waals surface area (Å²) in [6.07, 6.45) is 1.35.